The molecule has 92 valence electrons. The molecular weight excluding hydrogens is 212 g/mol. The minimum atomic E-state index is 0.551. The standard InChI is InChI=1S/C13H20N4/c1-11(2)9-17(7-3-5-14)10-13-8-12(15)4-6-16-13/h4,6,8,11H,3,7,9-10H2,1-2H3,(H2,15,16). The summed E-state index contributed by atoms with van der Waals surface area (Å²) in [5, 5.41) is 8.65. The molecule has 0 aliphatic heterocycles. The van der Waals surface area contributed by atoms with Crippen LogP contribution in [-0.4, -0.2) is 23.0 Å². The van der Waals surface area contributed by atoms with Crippen LogP contribution >= 0.6 is 0 Å². The van der Waals surface area contributed by atoms with Crippen LogP contribution in [0.25, 0.3) is 0 Å². The Kier molecular flexibility index (Phi) is 5.44. The summed E-state index contributed by atoms with van der Waals surface area (Å²) in [6.07, 6.45) is 2.28. The Morgan fingerprint density at radius 3 is 2.88 bits per heavy atom. The van der Waals surface area contributed by atoms with Gasteiger partial charge in [-0.25, -0.2) is 0 Å². The zero-order valence-electron chi connectivity index (χ0n) is 10.6. The van der Waals surface area contributed by atoms with Crippen molar-refractivity contribution < 1.29 is 0 Å². The number of anilines is 1. The first-order valence-corrected chi connectivity index (χ1v) is 5.91. The van der Waals surface area contributed by atoms with Crippen LogP contribution in [0.15, 0.2) is 18.3 Å². The van der Waals surface area contributed by atoms with Gasteiger partial charge in [-0.15, -0.1) is 0 Å². The van der Waals surface area contributed by atoms with Crippen LogP contribution < -0.4 is 5.73 Å². The van der Waals surface area contributed by atoms with Crippen LogP contribution in [0.1, 0.15) is 26.0 Å². The van der Waals surface area contributed by atoms with E-state index in [2.05, 4.69) is 29.8 Å². The molecule has 0 spiro atoms. The van der Waals surface area contributed by atoms with E-state index in [9.17, 15) is 0 Å². The van der Waals surface area contributed by atoms with E-state index in [-0.39, 0.29) is 0 Å². The number of nitriles is 1. The Morgan fingerprint density at radius 1 is 1.53 bits per heavy atom. The van der Waals surface area contributed by atoms with E-state index >= 15 is 0 Å². The molecule has 1 heterocycles. The van der Waals surface area contributed by atoms with Gasteiger partial charge in [0.25, 0.3) is 0 Å². The van der Waals surface area contributed by atoms with Crippen molar-refractivity contribution in [2.24, 2.45) is 5.92 Å². The molecule has 0 radical (unpaired) electrons. The first-order chi connectivity index (χ1) is 8.11. The van der Waals surface area contributed by atoms with Crippen LogP contribution in [0, 0.1) is 17.2 Å². The maximum absolute atomic E-state index is 8.65. The smallest absolute Gasteiger partial charge is 0.0635 e. The van der Waals surface area contributed by atoms with Crippen LogP contribution in [0.4, 0.5) is 5.69 Å². The number of aromatic nitrogens is 1. The number of nitrogen functional groups attached to an aromatic ring is 1. The summed E-state index contributed by atoms with van der Waals surface area (Å²) in [6.45, 7) is 6.85. The highest BCUT2D eigenvalue weighted by atomic mass is 15.1. The molecule has 17 heavy (non-hydrogen) atoms. The largest absolute Gasteiger partial charge is 0.399 e. The fourth-order valence-corrected chi connectivity index (χ4v) is 1.77. The molecule has 0 bridgehead atoms. The number of nitrogens with two attached hydrogens (primary N) is 1. The second-order valence-corrected chi connectivity index (χ2v) is 4.62. The van der Waals surface area contributed by atoms with Gasteiger partial charge in [0, 0.05) is 37.9 Å². The quantitative estimate of drug-likeness (QED) is 0.815. The second-order valence-electron chi connectivity index (χ2n) is 4.62. The lowest BCUT2D eigenvalue weighted by atomic mass is 10.2. The average Bonchev–Trinajstić information content (AvgIpc) is 2.25. The van der Waals surface area contributed by atoms with Crippen molar-refractivity contribution >= 4 is 5.69 Å². The lowest BCUT2D eigenvalue weighted by Gasteiger charge is -2.22. The summed E-state index contributed by atoms with van der Waals surface area (Å²) in [5.74, 6) is 0.578. The number of pyridine rings is 1. The van der Waals surface area contributed by atoms with Gasteiger partial charge in [-0.1, -0.05) is 13.8 Å². The van der Waals surface area contributed by atoms with E-state index in [0.29, 0.717) is 12.3 Å². The Hall–Kier alpha value is -1.60. The molecule has 0 aliphatic carbocycles. The number of nitrogens with zero attached hydrogens (tertiary/aromatic N) is 3. The highest BCUT2D eigenvalue weighted by Gasteiger charge is 2.08. The molecule has 0 saturated carbocycles. The van der Waals surface area contributed by atoms with Crippen LogP contribution in [0.5, 0.6) is 0 Å². The van der Waals surface area contributed by atoms with Gasteiger partial charge < -0.3 is 5.73 Å². The van der Waals surface area contributed by atoms with Crippen LogP contribution in [0.3, 0.4) is 0 Å². The number of hydrogen-bond acceptors (Lipinski definition) is 4. The summed E-state index contributed by atoms with van der Waals surface area (Å²) >= 11 is 0. The third kappa shape index (κ3) is 5.32. The monoisotopic (exact) mass is 232 g/mol. The van der Waals surface area contributed by atoms with Gasteiger partial charge in [0.2, 0.25) is 0 Å². The highest BCUT2D eigenvalue weighted by Crippen LogP contribution is 2.08. The zero-order valence-corrected chi connectivity index (χ0v) is 10.6. The molecule has 4 nitrogen and oxygen atoms in total. The molecular formula is C13H20N4. The number of hydrogen-bond donors (Lipinski definition) is 1. The summed E-state index contributed by atoms with van der Waals surface area (Å²) < 4.78 is 0. The van der Waals surface area contributed by atoms with Crippen molar-refractivity contribution in [2.45, 2.75) is 26.8 Å². The van der Waals surface area contributed by atoms with Crippen molar-refractivity contribution in [2.75, 3.05) is 18.8 Å². The first kappa shape index (κ1) is 13.5. The maximum Gasteiger partial charge on any atom is 0.0635 e. The van der Waals surface area contributed by atoms with Crippen LogP contribution in [-0.2, 0) is 6.54 Å². The molecule has 0 unspecified atom stereocenters. The normalized spacial score (nSPS) is 10.8. The van der Waals surface area contributed by atoms with Gasteiger partial charge in [0.05, 0.1) is 11.8 Å². The molecule has 0 aliphatic rings. The van der Waals surface area contributed by atoms with Gasteiger partial charge >= 0.3 is 0 Å². The summed E-state index contributed by atoms with van der Waals surface area (Å²) in [7, 11) is 0. The predicted octanol–water partition coefficient (Wildman–Crippen LogP) is 2.04. The van der Waals surface area contributed by atoms with Crippen molar-refractivity contribution in [1.82, 2.24) is 9.88 Å². The average molecular weight is 232 g/mol. The lowest BCUT2D eigenvalue weighted by Crippen LogP contribution is -2.28. The molecule has 4 heteroatoms. The Balaban J connectivity index is 2.61. The van der Waals surface area contributed by atoms with Crippen molar-refractivity contribution in [3.63, 3.8) is 0 Å². The van der Waals surface area contributed by atoms with Crippen molar-refractivity contribution in [3.05, 3.63) is 24.0 Å². The van der Waals surface area contributed by atoms with E-state index in [1.807, 2.05) is 6.07 Å². The molecule has 0 amide bonds. The van der Waals surface area contributed by atoms with Gasteiger partial charge in [-0.3, -0.25) is 9.88 Å². The lowest BCUT2D eigenvalue weighted by molar-refractivity contribution is 0.238. The van der Waals surface area contributed by atoms with Gasteiger partial charge in [0.1, 0.15) is 0 Å². The van der Waals surface area contributed by atoms with E-state index in [4.69, 9.17) is 11.0 Å². The van der Waals surface area contributed by atoms with E-state index in [0.717, 1.165) is 31.0 Å². The Morgan fingerprint density at radius 2 is 2.29 bits per heavy atom. The summed E-state index contributed by atoms with van der Waals surface area (Å²) in [4.78, 5) is 6.54. The van der Waals surface area contributed by atoms with Crippen LogP contribution in [0.2, 0.25) is 0 Å². The van der Waals surface area contributed by atoms with E-state index in [1.165, 1.54) is 0 Å². The minimum Gasteiger partial charge on any atom is -0.399 e. The third-order valence-electron chi connectivity index (χ3n) is 2.39. The first-order valence-electron chi connectivity index (χ1n) is 5.91. The SMILES string of the molecule is CC(C)CN(CCC#N)Cc1cc(N)ccn1. The summed E-state index contributed by atoms with van der Waals surface area (Å²) in [6, 6.07) is 5.85. The topological polar surface area (TPSA) is 65.9 Å². The van der Waals surface area contributed by atoms with Gasteiger partial charge in [-0.05, 0) is 18.1 Å². The minimum absolute atomic E-state index is 0.551. The highest BCUT2D eigenvalue weighted by molar-refractivity contribution is 5.37. The van der Waals surface area contributed by atoms with E-state index in [1.54, 1.807) is 12.3 Å². The molecule has 2 N–H and O–H groups in total. The Labute approximate surface area is 103 Å². The van der Waals surface area contributed by atoms with Gasteiger partial charge in [-0.2, -0.15) is 5.26 Å². The van der Waals surface area contributed by atoms with Gasteiger partial charge in [0.15, 0.2) is 0 Å². The zero-order chi connectivity index (χ0) is 12.7. The predicted molar refractivity (Wildman–Crippen MR) is 69.0 cm³/mol. The molecule has 0 saturated heterocycles. The second kappa shape index (κ2) is 6.87. The third-order valence-corrected chi connectivity index (χ3v) is 2.39. The molecule has 1 rings (SSSR count). The molecule has 0 fully saturated rings. The van der Waals surface area contributed by atoms with E-state index < -0.39 is 0 Å². The molecule has 1 aromatic rings. The van der Waals surface area contributed by atoms with Crippen molar-refractivity contribution in [3.8, 4) is 6.07 Å². The fraction of sp³-hybridized carbons (Fsp3) is 0.538. The summed E-state index contributed by atoms with van der Waals surface area (Å²) in [5.41, 5.74) is 7.42. The molecule has 0 aromatic carbocycles. The Bertz CT molecular complexity index is 381. The number of rotatable bonds is 6. The fourth-order valence-electron chi connectivity index (χ4n) is 1.77. The van der Waals surface area contributed by atoms with Crippen molar-refractivity contribution in [1.29, 1.82) is 5.26 Å². The molecule has 1 aromatic heterocycles. The maximum atomic E-state index is 8.65. The molecule has 0 atom stereocenters.